The minimum Gasteiger partial charge on any atom is -0.325 e. The molecule has 2 atom stereocenters. The molecule has 0 spiro atoms. The van der Waals surface area contributed by atoms with Gasteiger partial charge in [0.25, 0.3) is 0 Å². The van der Waals surface area contributed by atoms with Crippen LogP contribution in [0.1, 0.15) is 71.1 Å². The number of nitrogens with zero attached hydrogens (tertiary/aromatic N) is 1. The van der Waals surface area contributed by atoms with Gasteiger partial charge in [0.15, 0.2) is 0 Å². The van der Waals surface area contributed by atoms with Crippen LogP contribution in [-0.4, -0.2) is 36.6 Å². The van der Waals surface area contributed by atoms with Gasteiger partial charge in [-0.2, -0.15) is 0 Å². The van der Waals surface area contributed by atoms with E-state index in [4.69, 9.17) is 11.5 Å². The molecule has 0 bridgehead atoms. The molecule has 1 fully saturated rings. The van der Waals surface area contributed by atoms with E-state index in [1.807, 2.05) is 0 Å². The third-order valence-electron chi connectivity index (χ3n) is 4.32. The van der Waals surface area contributed by atoms with Gasteiger partial charge in [-0.15, -0.1) is 0 Å². The lowest BCUT2D eigenvalue weighted by molar-refractivity contribution is 0.320. The minimum atomic E-state index is 0.197. The molecule has 0 radical (unpaired) electrons. The molecule has 0 amide bonds. The van der Waals surface area contributed by atoms with Gasteiger partial charge in [-0.25, -0.2) is 0 Å². The molecule has 1 aliphatic rings. The van der Waals surface area contributed by atoms with Gasteiger partial charge in [0.05, 0.1) is 0 Å². The predicted molar refractivity (Wildman–Crippen MR) is 84.2 cm³/mol. The fourth-order valence-corrected chi connectivity index (χ4v) is 2.95. The number of nitrogens with two attached hydrogens (primary N) is 2. The molecule has 4 N–H and O–H groups in total. The molecule has 0 aromatic heterocycles. The van der Waals surface area contributed by atoms with Crippen LogP contribution in [0.15, 0.2) is 0 Å². The van der Waals surface area contributed by atoms with Gasteiger partial charge in [-0.3, -0.25) is 0 Å². The summed E-state index contributed by atoms with van der Waals surface area (Å²) in [6.07, 6.45) is 14.0. The zero-order valence-electron chi connectivity index (χ0n) is 12.9. The van der Waals surface area contributed by atoms with Crippen LogP contribution in [0.2, 0.25) is 0 Å². The summed E-state index contributed by atoms with van der Waals surface area (Å²) < 4.78 is 0. The van der Waals surface area contributed by atoms with E-state index in [0.717, 1.165) is 13.1 Å². The molecule has 3 nitrogen and oxygen atoms in total. The van der Waals surface area contributed by atoms with Gasteiger partial charge in [0.2, 0.25) is 0 Å². The number of rotatable bonds is 11. The first-order valence-electron chi connectivity index (χ1n) is 8.47. The van der Waals surface area contributed by atoms with E-state index in [2.05, 4.69) is 11.8 Å². The van der Waals surface area contributed by atoms with Crippen molar-refractivity contribution in [1.82, 2.24) is 4.90 Å². The van der Waals surface area contributed by atoms with E-state index in [1.54, 1.807) is 0 Å². The number of likely N-dealkylation sites (tertiary alicyclic amines) is 1. The minimum absolute atomic E-state index is 0.197. The van der Waals surface area contributed by atoms with E-state index in [0.29, 0.717) is 0 Å². The first-order valence-corrected chi connectivity index (χ1v) is 8.47. The average molecular weight is 269 g/mol. The Balaban J connectivity index is 1.79. The maximum Gasteiger partial charge on any atom is 0.0334 e. The number of unbranched alkanes of at least 4 members (excludes halogenated alkanes) is 9. The lowest BCUT2D eigenvalue weighted by Gasteiger charge is -2.14. The Kier molecular flexibility index (Phi) is 9.48. The molecule has 0 unspecified atom stereocenters. The van der Waals surface area contributed by atoms with E-state index in [1.165, 1.54) is 70.8 Å². The Bertz CT molecular complexity index is 198. The summed E-state index contributed by atoms with van der Waals surface area (Å²) in [7, 11) is 0. The Morgan fingerprint density at radius 2 is 1.16 bits per heavy atom. The molecule has 1 aliphatic heterocycles. The SMILES string of the molecule is CCCCCCCCCCCCN1C[C@@H](N)[C@H](N)C1. The fourth-order valence-electron chi connectivity index (χ4n) is 2.95. The number of hydrogen-bond donors (Lipinski definition) is 2. The lowest BCUT2D eigenvalue weighted by atomic mass is 10.1. The third-order valence-corrected chi connectivity index (χ3v) is 4.32. The molecule has 114 valence electrons. The van der Waals surface area contributed by atoms with Gasteiger partial charge in [0, 0.05) is 25.2 Å². The van der Waals surface area contributed by atoms with Crippen LogP contribution in [0.4, 0.5) is 0 Å². The van der Waals surface area contributed by atoms with Crippen molar-refractivity contribution in [1.29, 1.82) is 0 Å². The first kappa shape index (κ1) is 16.9. The fraction of sp³-hybridized carbons (Fsp3) is 1.00. The zero-order valence-corrected chi connectivity index (χ0v) is 12.9. The van der Waals surface area contributed by atoms with E-state index < -0.39 is 0 Å². The van der Waals surface area contributed by atoms with Crippen molar-refractivity contribution in [2.24, 2.45) is 11.5 Å². The lowest BCUT2D eigenvalue weighted by Crippen LogP contribution is -2.39. The Hall–Kier alpha value is -0.120. The summed E-state index contributed by atoms with van der Waals surface area (Å²) in [6.45, 7) is 5.47. The highest BCUT2D eigenvalue weighted by molar-refractivity contribution is 4.89. The molecular formula is C16H35N3. The van der Waals surface area contributed by atoms with Crippen LogP contribution >= 0.6 is 0 Å². The van der Waals surface area contributed by atoms with Crippen molar-refractivity contribution in [3.05, 3.63) is 0 Å². The summed E-state index contributed by atoms with van der Waals surface area (Å²) in [6, 6.07) is 0.395. The van der Waals surface area contributed by atoms with E-state index in [-0.39, 0.29) is 12.1 Å². The smallest absolute Gasteiger partial charge is 0.0334 e. The maximum absolute atomic E-state index is 5.92. The second-order valence-corrected chi connectivity index (χ2v) is 6.27. The zero-order chi connectivity index (χ0) is 13.9. The molecule has 19 heavy (non-hydrogen) atoms. The average Bonchev–Trinajstić information content (AvgIpc) is 2.71. The molecule has 0 aromatic carbocycles. The van der Waals surface area contributed by atoms with Crippen LogP contribution in [-0.2, 0) is 0 Å². The monoisotopic (exact) mass is 269 g/mol. The van der Waals surface area contributed by atoms with Crippen molar-refractivity contribution in [2.75, 3.05) is 19.6 Å². The molecule has 0 aliphatic carbocycles. The highest BCUT2D eigenvalue weighted by atomic mass is 15.2. The predicted octanol–water partition coefficient (Wildman–Crippen LogP) is 2.88. The van der Waals surface area contributed by atoms with Gasteiger partial charge in [0.1, 0.15) is 0 Å². The summed E-state index contributed by atoms with van der Waals surface area (Å²) in [5.41, 5.74) is 11.8. The van der Waals surface area contributed by atoms with Crippen molar-refractivity contribution in [3.63, 3.8) is 0 Å². The van der Waals surface area contributed by atoms with Crippen LogP contribution in [0.5, 0.6) is 0 Å². The second kappa shape index (κ2) is 10.6. The topological polar surface area (TPSA) is 55.3 Å². The summed E-state index contributed by atoms with van der Waals surface area (Å²) in [4.78, 5) is 2.43. The van der Waals surface area contributed by atoms with Crippen LogP contribution in [0.3, 0.4) is 0 Å². The van der Waals surface area contributed by atoms with Crippen molar-refractivity contribution in [2.45, 2.75) is 83.2 Å². The standard InChI is InChI=1S/C16H35N3/c1-2-3-4-5-6-7-8-9-10-11-12-19-13-15(17)16(18)14-19/h15-16H,2-14,17-18H2,1H3/t15-,16-/m1/s1. The largest absolute Gasteiger partial charge is 0.325 e. The Labute approximate surface area is 120 Å². The van der Waals surface area contributed by atoms with Crippen molar-refractivity contribution < 1.29 is 0 Å². The first-order chi connectivity index (χ1) is 9.24. The molecule has 1 rings (SSSR count). The Morgan fingerprint density at radius 1 is 0.737 bits per heavy atom. The molecule has 0 saturated carbocycles. The van der Waals surface area contributed by atoms with Gasteiger partial charge < -0.3 is 16.4 Å². The van der Waals surface area contributed by atoms with Crippen LogP contribution < -0.4 is 11.5 Å². The maximum atomic E-state index is 5.92. The molecular weight excluding hydrogens is 234 g/mol. The molecule has 1 heterocycles. The number of hydrogen-bond acceptors (Lipinski definition) is 3. The van der Waals surface area contributed by atoms with Gasteiger partial charge >= 0.3 is 0 Å². The van der Waals surface area contributed by atoms with Crippen molar-refractivity contribution >= 4 is 0 Å². The Morgan fingerprint density at radius 3 is 1.63 bits per heavy atom. The van der Waals surface area contributed by atoms with Crippen LogP contribution in [0, 0.1) is 0 Å². The van der Waals surface area contributed by atoms with Gasteiger partial charge in [-0.05, 0) is 13.0 Å². The summed E-state index contributed by atoms with van der Waals surface area (Å²) >= 11 is 0. The molecule has 3 heteroatoms. The van der Waals surface area contributed by atoms with Crippen LogP contribution in [0.25, 0.3) is 0 Å². The van der Waals surface area contributed by atoms with E-state index >= 15 is 0 Å². The second-order valence-electron chi connectivity index (χ2n) is 6.27. The van der Waals surface area contributed by atoms with Gasteiger partial charge in [-0.1, -0.05) is 64.7 Å². The summed E-state index contributed by atoms with van der Waals surface area (Å²) in [5, 5.41) is 0. The van der Waals surface area contributed by atoms with E-state index in [9.17, 15) is 0 Å². The molecule has 0 aromatic rings. The highest BCUT2D eigenvalue weighted by Crippen LogP contribution is 2.12. The highest BCUT2D eigenvalue weighted by Gasteiger charge is 2.26. The quantitative estimate of drug-likeness (QED) is 0.567. The van der Waals surface area contributed by atoms with Crippen molar-refractivity contribution in [3.8, 4) is 0 Å². The molecule has 1 saturated heterocycles. The summed E-state index contributed by atoms with van der Waals surface area (Å²) in [5.74, 6) is 0. The normalized spacial score (nSPS) is 24.2. The third kappa shape index (κ3) is 7.91.